The van der Waals surface area contributed by atoms with E-state index >= 15 is 0 Å². The van der Waals surface area contributed by atoms with Gasteiger partial charge in [-0.1, -0.05) is 29.8 Å². The van der Waals surface area contributed by atoms with Crippen molar-refractivity contribution >= 4 is 33.2 Å². The van der Waals surface area contributed by atoms with E-state index in [0.29, 0.717) is 36.8 Å². The van der Waals surface area contributed by atoms with Gasteiger partial charge in [0.05, 0.1) is 21.9 Å². The molecule has 9 heteroatoms. The molecule has 7 nitrogen and oxygen atoms in total. The first kappa shape index (κ1) is 20.4. The topological polar surface area (TPSA) is 83.7 Å². The number of sulfone groups is 1. The van der Waals surface area contributed by atoms with Gasteiger partial charge in [0.25, 0.3) is 5.91 Å². The standard InChI is InChI=1S/C21H20ClN3O4S/c22-17-6-7-19(23-14-17)24-9-11-25(12-10-24)21(26)20-16(8-13-29-20)15-30(27,28)18-4-2-1-3-5-18/h1-8,13-14H,9-12,15H2. The molecule has 30 heavy (non-hydrogen) atoms. The number of piperazine rings is 1. The van der Waals surface area contributed by atoms with Crippen molar-refractivity contribution in [1.82, 2.24) is 9.88 Å². The van der Waals surface area contributed by atoms with Crippen molar-refractivity contribution in [3.05, 3.63) is 77.3 Å². The minimum absolute atomic E-state index is 0.0765. The number of nitrogens with zero attached hydrogens (tertiary/aromatic N) is 3. The summed E-state index contributed by atoms with van der Waals surface area (Å²) in [5.74, 6) is 0.289. The zero-order chi connectivity index (χ0) is 21.1. The first-order valence-corrected chi connectivity index (χ1v) is 11.5. The molecule has 0 N–H and O–H groups in total. The maximum Gasteiger partial charge on any atom is 0.289 e. The van der Waals surface area contributed by atoms with Crippen LogP contribution in [0.4, 0.5) is 5.82 Å². The Bertz CT molecular complexity index is 1120. The Morgan fingerprint density at radius 3 is 2.43 bits per heavy atom. The van der Waals surface area contributed by atoms with Gasteiger partial charge in [-0.25, -0.2) is 13.4 Å². The predicted octanol–water partition coefficient (Wildman–Crippen LogP) is 3.26. The summed E-state index contributed by atoms with van der Waals surface area (Å²) in [6.45, 7) is 2.18. The van der Waals surface area contributed by atoms with Crippen LogP contribution in [0.25, 0.3) is 0 Å². The number of carbonyl (C=O) groups is 1. The molecule has 1 fully saturated rings. The summed E-state index contributed by atoms with van der Waals surface area (Å²) in [6.07, 6.45) is 2.95. The maximum atomic E-state index is 13.0. The molecule has 1 saturated heterocycles. The Morgan fingerprint density at radius 1 is 1.03 bits per heavy atom. The second-order valence-corrected chi connectivity index (χ2v) is 9.39. The van der Waals surface area contributed by atoms with Crippen molar-refractivity contribution in [2.45, 2.75) is 10.6 Å². The maximum absolute atomic E-state index is 13.0. The van der Waals surface area contributed by atoms with Crippen LogP contribution in [-0.2, 0) is 15.6 Å². The summed E-state index contributed by atoms with van der Waals surface area (Å²) in [5.41, 5.74) is 0.366. The molecule has 3 aromatic rings. The van der Waals surface area contributed by atoms with E-state index in [9.17, 15) is 13.2 Å². The van der Waals surface area contributed by atoms with Crippen LogP contribution in [0.5, 0.6) is 0 Å². The predicted molar refractivity (Wildman–Crippen MR) is 113 cm³/mol. The SMILES string of the molecule is O=C(c1occc1CS(=O)(=O)c1ccccc1)N1CCN(c2ccc(Cl)cn2)CC1. The van der Waals surface area contributed by atoms with Gasteiger partial charge in [-0.3, -0.25) is 4.79 Å². The lowest BCUT2D eigenvalue weighted by molar-refractivity contribution is 0.0713. The lowest BCUT2D eigenvalue weighted by atomic mass is 10.2. The van der Waals surface area contributed by atoms with E-state index < -0.39 is 9.84 Å². The number of furan rings is 1. The van der Waals surface area contributed by atoms with Gasteiger partial charge >= 0.3 is 0 Å². The van der Waals surface area contributed by atoms with Gasteiger partial charge < -0.3 is 14.2 Å². The molecule has 1 aliphatic heterocycles. The highest BCUT2D eigenvalue weighted by Gasteiger charge is 2.28. The molecule has 0 radical (unpaired) electrons. The smallest absolute Gasteiger partial charge is 0.289 e. The zero-order valence-electron chi connectivity index (χ0n) is 16.1. The van der Waals surface area contributed by atoms with Crippen molar-refractivity contribution in [2.75, 3.05) is 31.1 Å². The van der Waals surface area contributed by atoms with E-state index in [0.717, 1.165) is 5.82 Å². The Kier molecular flexibility index (Phi) is 5.78. The Labute approximate surface area is 179 Å². The van der Waals surface area contributed by atoms with Crippen LogP contribution in [0.15, 0.2) is 70.3 Å². The molecule has 1 amide bonds. The largest absolute Gasteiger partial charge is 0.459 e. The molecule has 156 valence electrons. The third-order valence-electron chi connectivity index (χ3n) is 4.99. The van der Waals surface area contributed by atoms with E-state index in [1.807, 2.05) is 6.07 Å². The number of halogens is 1. The fraction of sp³-hybridized carbons (Fsp3) is 0.238. The van der Waals surface area contributed by atoms with Gasteiger partial charge in [0, 0.05) is 37.9 Å². The number of carbonyl (C=O) groups excluding carboxylic acids is 1. The highest BCUT2D eigenvalue weighted by atomic mass is 35.5. The highest BCUT2D eigenvalue weighted by Crippen LogP contribution is 2.22. The monoisotopic (exact) mass is 445 g/mol. The Balaban J connectivity index is 1.44. The van der Waals surface area contributed by atoms with Gasteiger partial charge in [0.1, 0.15) is 5.82 Å². The molecule has 1 aliphatic rings. The van der Waals surface area contributed by atoms with E-state index in [-0.39, 0.29) is 22.3 Å². The summed E-state index contributed by atoms with van der Waals surface area (Å²) in [7, 11) is -3.58. The molecule has 1 aromatic carbocycles. The summed E-state index contributed by atoms with van der Waals surface area (Å²) >= 11 is 5.88. The second kappa shape index (κ2) is 8.49. The number of aromatic nitrogens is 1. The van der Waals surface area contributed by atoms with Crippen molar-refractivity contribution < 1.29 is 17.6 Å². The molecular formula is C21H20ClN3O4S. The van der Waals surface area contributed by atoms with Crippen LogP contribution in [0, 0.1) is 0 Å². The third kappa shape index (κ3) is 4.34. The number of hydrogen-bond donors (Lipinski definition) is 0. The van der Waals surface area contributed by atoms with E-state index in [2.05, 4.69) is 9.88 Å². The number of hydrogen-bond acceptors (Lipinski definition) is 6. The van der Waals surface area contributed by atoms with Crippen LogP contribution in [0.3, 0.4) is 0 Å². The van der Waals surface area contributed by atoms with Crippen molar-refractivity contribution in [3.8, 4) is 0 Å². The second-order valence-electron chi connectivity index (χ2n) is 6.96. The minimum atomic E-state index is -3.58. The average molecular weight is 446 g/mol. The molecule has 0 saturated carbocycles. The van der Waals surface area contributed by atoms with E-state index in [4.69, 9.17) is 16.0 Å². The summed E-state index contributed by atoms with van der Waals surface area (Å²) in [5, 5.41) is 0.573. The Hall–Kier alpha value is -2.84. The lowest BCUT2D eigenvalue weighted by Gasteiger charge is -2.35. The van der Waals surface area contributed by atoms with Crippen LogP contribution in [-0.4, -0.2) is 50.4 Å². The third-order valence-corrected chi connectivity index (χ3v) is 6.90. The fourth-order valence-corrected chi connectivity index (χ4v) is 4.88. The summed E-state index contributed by atoms with van der Waals surface area (Å²) in [6, 6.07) is 13.4. The molecule has 0 unspecified atom stereocenters. The number of anilines is 1. The van der Waals surface area contributed by atoms with Gasteiger partial charge in [-0.05, 0) is 30.3 Å². The molecule has 0 atom stereocenters. The minimum Gasteiger partial charge on any atom is -0.459 e. The molecular weight excluding hydrogens is 426 g/mol. The first-order chi connectivity index (χ1) is 14.4. The summed E-state index contributed by atoms with van der Waals surface area (Å²) in [4.78, 5) is 21.2. The van der Waals surface area contributed by atoms with Crippen molar-refractivity contribution in [3.63, 3.8) is 0 Å². The molecule has 0 spiro atoms. The van der Waals surface area contributed by atoms with Crippen LogP contribution in [0.2, 0.25) is 5.02 Å². The van der Waals surface area contributed by atoms with E-state index in [1.165, 1.54) is 6.26 Å². The van der Waals surface area contributed by atoms with Crippen molar-refractivity contribution in [1.29, 1.82) is 0 Å². The first-order valence-electron chi connectivity index (χ1n) is 9.44. The van der Waals surface area contributed by atoms with Gasteiger partial charge in [0.2, 0.25) is 0 Å². The van der Waals surface area contributed by atoms with E-state index in [1.54, 1.807) is 53.6 Å². The molecule has 0 aliphatic carbocycles. The van der Waals surface area contributed by atoms with Gasteiger partial charge in [0.15, 0.2) is 15.6 Å². The number of rotatable bonds is 5. The quantitative estimate of drug-likeness (QED) is 0.599. The molecule has 3 heterocycles. The molecule has 4 rings (SSSR count). The fourth-order valence-electron chi connectivity index (χ4n) is 3.39. The summed E-state index contributed by atoms with van der Waals surface area (Å²) < 4.78 is 30.8. The normalized spacial score (nSPS) is 14.7. The zero-order valence-corrected chi connectivity index (χ0v) is 17.6. The number of pyridine rings is 1. The molecule has 0 bridgehead atoms. The number of benzene rings is 1. The van der Waals surface area contributed by atoms with Crippen molar-refractivity contribution in [2.24, 2.45) is 0 Å². The van der Waals surface area contributed by atoms with Crippen LogP contribution < -0.4 is 4.90 Å². The van der Waals surface area contributed by atoms with Gasteiger partial charge in [-0.15, -0.1) is 0 Å². The highest BCUT2D eigenvalue weighted by molar-refractivity contribution is 7.90. The lowest BCUT2D eigenvalue weighted by Crippen LogP contribution is -2.49. The Morgan fingerprint density at radius 2 is 1.77 bits per heavy atom. The average Bonchev–Trinajstić information content (AvgIpc) is 3.22. The van der Waals surface area contributed by atoms with Gasteiger partial charge in [-0.2, -0.15) is 0 Å². The van der Waals surface area contributed by atoms with Crippen LogP contribution in [0.1, 0.15) is 16.1 Å². The van der Waals surface area contributed by atoms with Crippen LogP contribution >= 0.6 is 11.6 Å². The number of amides is 1. The molecule has 2 aromatic heterocycles.